The van der Waals surface area contributed by atoms with Crippen LogP contribution in [0.1, 0.15) is 45.1 Å². The van der Waals surface area contributed by atoms with E-state index >= 15 is 0 Å². The Kier molecular flexibility index (Phi) is 7.40. The van der Waals surface area contributed by atoms with Gasteiger partial charge in [-0.05, 0) is 50.3 Å². The lowest BCUT2D eigenvalue weighted by atomic mass is 10.1. The molecular formula is C22H31N5O4. The predicted molar refractivity (Wildman–Crippen MR) is 121 cm³/mol. The molecule has 0 aromatic heterocycles. The molecule has 31 heavy (non-hydrogen) atoms. The average Bonchev–Trinajstić information content (AvgIpc) is 3.27. The third kappa shape index (κ3) is 4.77. The molecule has 0 amide bonds. The maximum atomic E-state index is 12.3. The van der Waals surface area contributed by atoms with Crippen molar-refractivity contribution in [1.29, 1.82) is 0 Å². The molecule has 1 aromatic carbocycles. The Morgan fingerprint density at radius 1 is 1.13 bits per heavy atom. The van der Waals surface area contributed by atoms with Crippen molar-refractivity contribution in [3.63, 3.8) is 0 Å². The molecule has 1 saturated heterocycles. The first-order valence-electron chi connectivity index (χ1n) is 11.0. The molecule has 3 aliphatic rings. The summed E-state index contributed by atoms with van der Waals surface area (Å²) in [6.45, 7) is 8.24. The highest BCUT2D eigenvalue weighted by atomic mass is 16.3. The van der Waals surface area contributed by atoms with E-state index in [1.54, 1.807) is 4.57 Å². The van der Waals surface area contributed by atoms with Gasteiger partial charge in [-0.1, -0.05) is 13.8 Å². The first kappa shape index (κ1) is 22.9. The summed E-state index contributed by atoms with van der Waals surface area (Å²) in [6, 6.07) is 3.99. The number of nitrogens with one attached hydrogen (secondary N) is 1. The normalized spacial score (nSPS) is 14.7. The summed E-state index contributed by atoms with van der Waals surface area (Å²) in [6.07, 6.45) is 2.23. The van der Waals surface area contributed by atoms with Crippen LogP contribution in [0.3, 0.4) is 0 Å². The Labute approximate surface area is 180 Å². The molecular weight excluding hydrogens is 398 g/mol. The van der Waals surface area contributed by atoms with Crippen molar-refractivity contribution in [3.05, 3.63) is 38.5 Å². The number of hydrogen-bond donors (Lipinski definition) is 3. The van der Waals surface area contributed by atoms with E-state index in [1.807, 2.05) is 32.9 Å². The number of anilines is 1. The Balaban J connectivity index is 0.00000132. The number of aliphatic hydroxyl groups is 2. The number of nitrogens with zero attached hydrogens (tertiary/aromatic N) is 4. The van der Waals surface area contributed by atoms with Gasteiger partial charge in [-0.25, -0.2) is 9.78 Å². The third-order valence-corrected chi connectivity index (χ3v) is 5.52. The number of aryl methyl sites for hydroxylation is 2. The van der Waals surface area contributed by atoms with E-state index in [-0.39, 0.29) is 24.5 Å². The van der Waals surface area contributed by atoms with Crippen molar-refractivity contribution in [3.8, 4) is 11.5 Å². The van der Waals surface area contributed by atoms with Gasteiger partial charge in [0.25, 0.3) is 5.56 Å². The van der Waals surface area contributed by atoms with Crippen molar-refractivity contribution in [2.75, 3.05) is 24.6 Å². The molecule has 0 saturated carbocycles. The van der Waals surface area contributed by atoms with Crippen LogP contribution in [0.25, 0.3) is 22.6 Å². The van der Waals surface area contributed by atoms with Gasteiger partial charge in [0, 0.05) is 31.9 Å². The van der Waals surface area contributed by atoms with Gasteiger partial charge in [0.1, 0.15) is 0 Å². The second-order valence-corrected chi connectivity index (χ2v) is 7.58. The highest BCUT2D eigenvalue weighted by molar-refractivity contribution is 5.84. The Morgan fingerprint density at radius 3 is 2.52 bits per heavy atom. The monoisotopic (exact) mass is 429 g/mol. The number of aromatic nitrogens is 4. The summed E-state index contributed by atoms with van der Waals surface area (Å²) in [7, 11) is 0. The Morgan fingerprint density at radius 2 is 1.84 bits per heavy atom. The van der Waals surface area contributed by atoms with Gasteiger partial charge in [0.2, 0.25) is 0 Å². The summed E-state index contributed by atoms with van der Waals surface area (Å²) < 4.78 is 1.79. The van der Waals surface area contributed by atoms with Crippen molar-refractivity contribution in [2.24, 2.45) is 0 Å². The molecule has 1 aromatic rings. The topological polar surface area (TPSA) is 124 Å². The van der Waals surface area contributed by atoms with Gasteiger partial charge >= 0.3 is 5.69 Å². The lowest BCUT2D eigenvalue weighted by molar-refractivity contribution is 0.121. The molecule has 3 heterocycles. The molecule has 168 valence electrons. The van der Waals surface area contributed by atoms with Gasteiger partial charge in [-0.15, -0.1) is 0 Å². The van der Waals surface area contributed by atoms with E-state index in [1.165, 1.54) is 0 Å². The molecule has 1 unspecified atom stereocenters. The van der Waals surface area contributed by atoms with Crippen LogP contribution in [-0.4, -0.2) is 55.5 Å². The maximum absolute atomic E-state index is 12.3. The quantitative estimate of drug-likeness (QED) is 0.509. The summed E-state index contributed by atoms with van der Waals surface area (Å²) in [5, 5.41) is 19.1. The number of aliphatic hydroxyl groups excluding tert-OH is 2. The fourth-order valence-electron chi connectivity index (χ4n) is 4.03. The van der Waals surface area contributed by atoms with Gasteiger partial charge in [-0.3, -0.25) is 9.78 Å². The minimum atomic E-state index is -0.722. The van der Waals surface area contributed by atoms with Crippen molar-refractivity contribution in [2.45, 2.75) is 59.1 Å². The lowest BCUT2D eigenvalue weighted by Crippen LogP contribution is -2.29. The first-order valence-corrected chi connectivity index (χ1v) is 11.0. The van der Waals surface area contributed by atoms with Crippen LogP contribution in [0.15, 0.2) is 21.7 Å². The van der Waals surface area contributed by atoms with E-state index < -0.39 is 17.4 Å². The molecule has 9 heteroatoms. The van der Waals surface area contributed by atoms with Gasteiger partial charge in [0.15, 0.2) is 11.5 Å². The van der Waals surface area contributed by atoms with Crippen molar-refractivity contribution < 1.29 is 10.2 Å². The molecule has 1 fully saturated rings. The van der Waals surface area contributed by atoms with E-state index in [4.69, 9.17) is 5.11 Å². The van der Waals surface area contributed by atoms with E-state index in [0.29, 0.717) is 18.5 Å². The largest absolute Gasteiger partial charge is 0.396 e. The standard InChI is InChI=1S/C20H25N5O4.C2H6/c1-12-10-14-16(11-15(12)24-6-2-3-7-24)25(8-4-13(27)5-9-26)18-17(21-14)19(28)23-20(29)22-18;1-2/h10-11,13,26-27H,2-9H2,1H3,(H,23,28,29);1-2H3. The van der Waals surface area contributed by atoms with E-state index in [0.717, 1.165) is 42.7 Å². The van der Waals surface area contributed by atoms with Crippen molar-refractivity contribution in [1.82, 2.24) is 19.5 Å². The Bertz CT molecular complexity index is 1120. The number of H-pyrrole nitrogens is 1. The fraction of sp³-hybridized carbons (Fsp3) is 0.545. The molecule has 3 N–H and O–H groups in total. The number of aromatic amines is 1. The third-order valence-electron chi connectivity index (χ3n) is 5.52. The SMILES string of the molecule is CC.Cc1cc2nc3c(=O)[nH]c(=O)nc-3n(CCC(O)CCO)c2cc1N1CCCC1. The smallest absolute Gasteiger partial charge is 0.349 e. The fourth-order valence-corrected chi connectivity index (χ4v) is 4.03. The molecule has 9 nitrogen and oxygen atoms in total. The minimum absolute atomic E-state index is 0.0991. The van der Waals surface area contributed by atoms with Crippen LogP contribution < -0.4 is 16.1 Å². The zero-order valence-corrected chi connectivity index (χ0v) is 18.4. The molecule has 0 bridgehead atoms. The minimum Gasteiger partial charge on any atom is -0.396 e. The van der Waals surface area contributed by atoms with Crippen LogP contribution in [0, 0.1) is 6.92 Å². The second kappa shape index (κ2) is 10.0. The van der Waals surface area contributed by atoms with Gasteiger partial charge in [-0.2, -0.15) is 4.98 Å². The zero-order chi connectivity index (χ0) is 22.5. The first-order chi connectivity index (χ1) is 15.0. The molecule has 4 rings (SSSR count). The lowest BCUT2D eigenvalue weighted by Gasteiger charge is -2.23. The molecule has 0 radical (unpaired) electrons. The number of rotatable bonds is 6. The van der Waals surface area contributed by atoms with Crippen LogP contribution in [0.5, 0.6) is 0 Å². The summed E-state index contributed by atoms with van der Waals surface area (Å²) in [4.78, 5) is 37.2. The highest BCUT2D eigenvalue weighted by Gasteiger charge is 2.22. The predicted octanol–water partition coefficient (Wildman–Crippen LogP) is 1.65. The second-order valence-electron chi connectivity index (χ2n) is 7.58. The Hall–Kier alpha value is -2.78. The molecule has 0 spiro atoms. The summed E-state index contributed by atoms with van der Waals surface area (Å²) in [5.41, 5.74) is 2.38. The number of hydrogen-bond acceptors (Lipinski definition) is 7. The van der Waals surface area contributed by atoms with Crippen LogP contribution >= 0.6 is 0 Å². The van der Waals surface area contributed by atoms with Crippen LogP contribution in [0.4, 0.5) is 5.69 Å². The highest BCUT2D eigenvalue weighted by Crippen LogP contribution is 2.31. The average molecular weight is 430 g/mol. The zero-order valence-electron chi connectivity index (χ0n) is 18.4. The summed E-state index contributed by atoms with van der Waals surface area (Å²) in [5.74, 6) is 0.207. The number of fused-ring (bicyclic) bond motifs is 2. The van der Waals surface area contributed by atoms with E-state index in [9.17, 15) is 14.7 Å². The van der Waals surface area contributed by atoms with Crippen LogP contribution in [0.2, 0.25) is 0 Å². The van der Waals surface area contributed by atoms with Gasteiger partial charge in [0.05, 0.1) is 17.1 Å². The number of benzene rings is 1. The maximum Gasteiger partial charge on any atom is 0.349 e. The molecule has 1 atom stereocenters. The van der Waals surface area contributed by atoms with Crippen molar-refractivity contribution >= 4 is 16.7 Å². The molecule has 3 aliphatic heterocycles. The molecule has 0 aliphatic carbocycles. The van der Waals surface area contributed by atoms with E-state index in [2.05, 4.69) is 19.9 Å². The van der Waals surface area contributed by atoms with Crippen LogP contribution in [-0.2, 0) is 6.54 Å². The summed E-state index contributed by atoms with van der Waals surface area (Å²) >= 11 is 0. The van der Waals surface area contributed by atoms with Gasteiger partial charge < -0.3 is 19.7 Å².